The first-order valence-corrected chi connectivity index (χ1v) is 5.35. The van der Waals surface area contributed by atoms with E-state index < -0.39 is 5.97 Å². The van der Waals surface area contributed by atoms with Crippen molar-refractivity contribution in [3.05, 3.63) is 47.0 Å². The number of nitriles is 1. The fourth-order valence-corrected chi connectivity index (χ4v) is 1.48. The number of methoxy groups -OCH3 is 1. The molecule has 17 heavy (non-hydrogen) atoms. The SMILES string of the molecule is COC(=O)/C(C#N)=C/C(C)c1ccc(C)cc1. The largest absolute Gasteiger partial charge is 0.465 e. The zero-order valence-electron chi connectivity index (χ0n) is 10.2. The van der Waals surface area contributed by atoms with Crippen LogP contribution >= 0.6 is 0 Å². The Morgan fingerprint density at radius 3 is 2.47 bits per heavy atom. The molecule has 0 bridgehead atoms. The van der Waals surface area contributed by atoms with Crippen molar-refractivity contribution in [1.29, 1.82) is 5.26 Å². The number of ether oxygens (including phenoxy) is 1. The molecule has 0 radical (unpaired) electrons. The molecule has 1 aromatic carbocycles. The molecule has 88 valence electrons. The van der Waals surface area contributed by atoms with Gasteiger partial charge in [-0.3, -0.25) is 0 Å². The number of esters is 1. The number of carbonyl (C=O) groups is 1. The maximum Gasteiger partial charge on any atom is 0.348 e. The third-order valence-corrected chi connectivity index (χ3v) is 2.55. The molecule has 3 heteroatoms. The lowest BCUT2D eigenvalue weighted by Crippen LogP contribution is -2.04. The fraction of sp³-hybridized carbons (Fsp3) is 0.286. The van der Waals surface area contributed by atoms with Gasteiger partial charge in [0.15, 0.2) is 0 Å². The van der Waals surface area contributed by atoms with Crippen LogP contribution in [0.1, 0.15) is 24.0 Å². The Bertz CT molecular complexity index is 466. The number of benzene rings is 1. The third-order valence-electron chi connectivity index (χ3n) is 2.55. The van der Waals surface area contributed by atoms with Crippen LogP contribution in [0, 0.1) is 18.3 Å². The molecule has 1 atom stereocenters. The van der Waals surface area contributed by atoms with Gasteiger partial charge in [0, 0.05) is 5.92 Å². The summed E-state index contributed by atoms with van der Waals surface area (Å²) in [6.45, 7) is 3.95. The number of rotatable bonds is 3. The summed E-state index contributed by atoms with van der Waals surface area (Å²) in [5.41, 5.74) is 2.28. The number of nitrogens with zero attached hydrogens (tertiary/aromatic N) is 1. The van der Waals surface area contributed by atoms with Gasteiger partial charge in [0.25, 0.3) is 0 Å². The molecule has 3 nitrogen and oxygen atoms in total. The van der Waals surface area contributed by atoms with E-state index in [1.54, 1.807) is 6.08 Å². The van der Waals surface area contributed by atoms with E-state index in [1.165, 1.54) is 12.7 Å². The highest BCUT2D eigenvalue weighted by molar-refractivity contribution is 5.92. The summed E-state index contributed by atoms with van der Waals surface area (Å²) in [6.07, 6.45) is 1.62. The molecule has 0 saturated heterocycles. The molecular formula is C14H15NO2. The maximum absolute atomic E-state index is 11.3. The van der Waals surface area contributed by atoms with Gasteiger partial charge in [-0.05, 0) is 12.5 Å². The zero-order valence-corrected chi connectivity index (χ0v) is 10.2. The first-order valence-electron chi connectivity index (χ1n) is 5.35. The topological polar surface area (TPSA) is 50.1 Å². The van der Waals surface area contributed by atoms with Crippen LogP contribution in [0.15, 0.2) is 35.9 Å². The minimum Gasteiger partial charge on any atom is -0.465 e. The molecule has 0 aromatic heterocycles. The van der Waals surface area contributed by atoms with Crippen molar-refractivity contribution < 1.29 is 9.53 Å². The normalized spacial score (nSPS) is 12.7. The minimum absolute atomic E-state index is 0.00403. The van der Waals surface area contributed by atoms with Gasteiger partial charge in [-0.15, -0.1) is 0 Å². The van der Waals surface area contributed by atoms with Crippen LogP contribution in [0.5, 0.6) is 0 Å². The molecule has 1 rings (SSSR count). The van der Waals surface area contributed by atoms with Crippen molar-refractivity contribution in [2.45, 2.75) is 19.8 Å². The molecule has 0 N–H and O–H groups in total. The summed E-state index contributed by atoms with van der Waals surface area (Å²) in [7, 11) is 1.27. The van der Waals surface area contributed by atoms with Crippen molar-refractivity contribution in [2.24, 2.45) is 0 Å². The Balaban J connectivity index is 2.94. The van der Waals surface area contributed by atoms with Crippen LogP contribution in [-0.4, -0.2) is 13.1 Å². The van der Waals surface area contributed by atoms with E-state index in [0.29, 0.717) is 0 Å². The highest BCUT2D eigenvalue weighted by atomic mass is 16.5. The summed E-state index contributed by atoms with van der Waals surface area (Å²) >= 11 is 0. The molecule has 0 aliphatic rings. The number of hydrogen-bond acceptors (Lipinski definition) is 3. The molecule has 0 heterocycles. The van der Waals surface area contributed by atoms with E-state index in [4.69, 9.17) is 5.26 Å². The second-order valence-corrected chi connectivity index (χ2v) is 3.88. The zero-order chi connectivity index (χ0) is 12.8. The van der Waals surface area contributed by atoms with Crippen molar-refractivity contribution in [3.63, 3.8) is 0 Å². The van der Waals surface area contributed by atoms with Crippen LogP contribution < -0.4 is 0 Å². The van der Waals surface area contributed by atoms with E-state index in [9.17, 15) is 4.79 Å². The number of hydrogen-bond donors (Lipinski definition) is 0. The van der Waals surface area contributed by atoms with Gasteiger partial charge in [0.05, 0.1) is 7.11 Å². The van der Waals surface area contributed by atoms with Crippen molar-refractivity contribution in [2.75, 3.05) is 7.11 Å². The predicted molar refractivity (Wildman–Crippen MR) is 65.3 cm³/mol. The molecule has 0 aliphatic heterocycles. The van der Waals surface area contributed by atoms with Gasteiger partial charge in [0.2, 0.25) is 0 Å². The minimum atomic E-state index is -0.591. The summed E-state index contributed by atoms with van der Waals surface area (Å²) in [5.74, 6) is -0.587. The Morgan fingerprint density at radius 2 is 2.00 bits per heavy atom. The molecule has 0 amide bonds. The number of aryl methyl sites for hydroxylation is 1. The third kappa shape index (κ3) is 3.46. The fourth-order valence-electron chi connectivity index (χ4n) is 1.48. The predicted octanol–water partition coefficient (Wildman–Crippen LogP) is 2.72. The molecule has 1 unspecified atom stereocenters. The second-order valence-electron chi connectivity index (χ2n) is 3.88. The second kappa shape index (κ2) is 5.86. The maximum atomic E-state index is 11.3. The van der Waals surface area contributed by atoms with E-state index in [0.717, 1.165) is 5.56 Å². The summed E-state index contributed by atoms with van der Waals surface area (Å²) in [5, 5.41) is 8.85. The van der Waals surface area contributed by atoms with Gasteiger partial charge < -0.3 is 4.74 Å². The van der Waals surface area contributed by atoms with Crippen molar-refractivity contribution in [1.82, 2.24) is 0 Å². The van der Waals surface area contributed by atoms with Crippen LogP contribution in [0.2, 0.25) is 0 Å². The first kappa shape index (κ1) is 13.0. The van der Waals surface area contributed by atoms with Gasteiger partial charge >= 0.3 is 5.97 Å². The number of carbonyl (C=O) groups excluding carboxylic acids is 1. The Labute approximate surface area is 101 Å². The first-order chi connectivity index (χ1) is 8.08. The Morgan fingerprint density at radius 1 is 1.41 bits per heavy atom. The van der Waals surface area contributed by atoms with Crippen molar-refractivity contribution >= 4 is 5.97 Å². The Kier molecular flexibility index (Phi) is 4.47. The van der Waals surface area contributed by atoms with E-state index in [-0.39, 0.29) is 11.5 Å². The lowest BCUT2D eigenvalue weighted by atomic mass is 9.98. The number of allylic oxidation sites excluding steroid dienone is 1. The molecular weight excluding hydrogens is 214 g/mol. The average molecular weight is 229 g/mol. The Hall–Kier alpha value is -2.08. The van der Waals surface area contributed by atoms with E-state index in [2.05, 4.69) is 4.74 Å². The summed E-state index contributed by atoms with van der Waals surface area (Å²) in [6, 6.07) is 9.84. The summed E-state index contributed by atoms with van der Waals surface area (Å²) in [4.78, 5) is 11.3. The lowest BCUT2D eigenvalue weighted by molar-refractivity contribution is -0.135. The monoisotopic (exact) mass is 229 g/mol. The lowest BCUT2D eigenvalue weighted by Gasteiger charge is -2.07. The van der Waals surface area contributed by atoms with Crippen molar-refractivity contribution in [3.8, 4) is 6.07 Å². The molecule has 0 spiro atoms. The van der Waals surface area contributed by atoms with E-state index in [1.807, 2.05) is 44.2 Å². The van der Waals surface area contributed by atoms with Crippen LogP contribution in [0.25, 0.3) is 0 Å². The van der Waals surface area contributed by atoms with Gasteiger partial charge in [0.1, 0.15) is 11.6 Å². The molecule has 1 aromatic rings. The van der Waals surface area contributed by atoms with E-state index >= 15 is 0 Å². The van der Waals surface area contributed by atoms with Gasteiger partial charge in [-0.2, -0.15) is 5.26 Å². The van der Waals surface area contributed by atoms with Crippen LogP contribution in [0.3, 0.4) is 0 Å². The standard InChI is InChI=1S/C14H15NO2/c1-10-4-6-12(7-5-10)11(2)8-13(9-15)14(16)17-3/h4-8,11H,1-3H3/b13-8+. The van der Waals surface area contributed by atoms with Crippen LogP contribution in [-0.2, 0) is 9.53 Å². The molecule has 0 aliphatic carbocycles. The van der Waals surface area contributed by atoms with Gasteiger partial charge in [-0.25, -0.2) is 4.79 Å². The quantitative estimate of drug-likeness (QED) is 0.455. The molecule has 0 fully saturated rings. The summed E-state index contributed by atoms with van der Waals surface area (Å²) < 4.78 is 4.53. The average Bonchev–Trinajstić information content (AvgIpc) is 2.35. The smallest absolute Gasteiger partial charge is 0.348 e. The van der Waals surface area contributed by atoms with Gasteiger partial charge in [-0.1, -0.05) is 42.8 Å². The van der Waals surface area contributed by atoms with Crippen LogP contribution in [0.4, 0.5) is 0 Å². The highest BCUT2D eigenvalue weighted by Gasteiger charge is 2.11. The molecule has 0 saturated carbocycles. The highest BCUT2D eigenvalue weighted by Crippen LogP contribution is 2.19.